The Morgan fingerprint density at radius 2 is 1.97 bits per heavy atom. The summed E-state index contributed by atoms with van der Waals surface area (Å²) in [6, 6.07) is 11.4. The maximum atomic E-state index is 14.7. The summed E-state index contributed by atoms with van der Waals surface area (Å²) >= 11 is 0. The summed E-state index contributed by atoms with van der Waals surface area (Å²) in [5, 5.41) is 26.2. The lowest BCUT2D eigenvalue weighted by atomic mass is 9.79. The van der Waals surface area contributed by atoms with Gasteiger partial charge >= 0.3 is 0 Å². The summed E-state index contributed by atoms with van der Waals surface area (Å²) in [6.07, 6.45) is 2.72. The smallest absolute Gasteiger partial charge is 0.137 e. The van der Waals surface area contributed by atoms with Crippen molar-refractivity contribution < 1.29 is 19.0 Å². The largest absolute Gasteiger partial charge is 0.507 e. The van der Waals surface area contributed by atoms with Gasteiger partial charge in [-0.3, -0.25) is 4.98 Å². The van der Waals surface area contributed by atoms with Crippen molar-refractivity contribution in [2.45, 2.75) is 25.0 Å². The van der Waals surface area contributed by atoms with E-state index in [1.807, 2.05) is 0 Å². The van der Waals surface area contributed by atoms with Crippen molar-refractivity contribution in [2.24, 2.45) is 0 Å². The summed E-state index contributed by atoms with van der Waals surface area (Å²) in [5.74, 6) is -2.20. The maximum Gasteiger partial charge on any atom is 0.137 e. The molecule has 0 aliphatic carbocycles. The second-order valence-electron chi connectivity index (χ2n) is 6.94. The topological polar surface area (TPSA) is 84.1 Å². The fourth-order valence-corrected chi connectivity index (χ4v) is 3.50. The average Bonchev–Trinajstić information content (AvgIpc) is 3.20. The Morgan fingerprint density at radius 3 is 2.69 bits per heavy atom. The predicted molar refractivity (Wildman–Crippen MR) is 102 cm³/mol. The first kappa shape index (κ1) is 18.9. The molecule has 0 saturated carbocycles. The zero-order chi connectivity index (χ0) is 20.6. The normalized spacial score (nSPS) is 14.6. The third-order valence-electron chi connectivity index (χ3n) is 5.16. The number of aliphatic hydroxyl groups is 1. The number of phenols is 1. The molecule has 0 radical (unpaired) electrons. The molecule has 0 amide bonds. The van der Waals surface area contributed by atoms with E-state index in [1.165, 1.54) is 23.4 Å². The molecule has 4 aromatic rings. The molecule has 2 aromatic carbocycles. The summed E-state index contributed by atoms with van der Waals surface area (Å²) in [5.41, 5.74) is -0.839. The lowest BCUT2D eigenvalue weighted by Crippen LogP contribution is -2.38. The van der Waals surface area contributed by atoms with Gasteiger partial charge in [0.25, 0.3) is 0 Å². The highest BCUT2D eigenvalue weighted by Gasteiger charge is 2.40. The van der Waals surface area contributed by atoms with Crippen LogP contribution in [0, 0.1) is 11.6 Å². The molecule has 0 saturated heterocycles. The second kappa shape index (κ2) is 7.21. The molecule has 4 rings (SSSR count). The van der Waals surface area contributed by atoms with Crippen molar-refractivity contribution in [1.29, 1.82) is 0 Å². The second-order valence-corrected chi connectivity index (χ2v) is 6.94. The molecular weight excluding hydrogens is 378 g/mol. The van der Waals surface area contributed by atoms with Crippen LogP contribution in [0.1, 0.15) is 24.1 Å². The fourth-order valence-electron chi connectivity index (χ4n) is 3.50. The molecule has 0 spiro atoms. The van der Waals surface area contributed by atoms with Crippen LogP contribution in [0.25, 0.3) is 10.9 Å². The molecule has 0 aliphatic heterocycles. The zero-order valence-electron chi connectivity index (χ0n) is 15.5. The molecule has 2 unspecified atom stereocenters. The van der Waals surface area contributed by atoms with Crippen molar-refractivity contribution in [3.05, 3.63) is 84.1 Å². The highest BCUT2D eigenvalue weighted by atomic mass is 19.1. The number of halogens is 2. The molecule has 2 N–H and O–H groups in total. The number of hydrogen-bond donors (Lipinski definition) is 2. The quantitative estimate of drug-likeness (QED) is 0.539. The van der Waals surface area contributed by atoms with E-state index in [9.17, 15) is 19.0 Å². The number of phenolic OH excluding ortho intramolecular Hbond substituents is 1. The Bertz CT molecular complexity index is 1170. The van der Waals surface area contributed by atoms with Crippen molar-refractivity contribution in [3.63, 3.8) is 0 Å². The number of nitrogens with zero attached hydrogens (tertiary/aromatic N) is 4. The van der Waals surface area contributed by atoms with E-state index in [1.54, 1.807) is 37.3 Å². The standard InChI is InChI=1S/C21H18F2N4O2/c1-13(18-8-6-15-19(26-18)3-2-4-20(15)28)21(29,10-27-12-24-11-25-27)16-7-5-14(22)9-17(16)23/h2-9,11-13,28-29H,10H2,1H3. The summed E-state index contributed by atoms with van der Waals surface area (Å²) in [6.45, 7) is 1.59. The minimum absolute atomic E-state index is 0.0697. The molecular formula is C21H18F2N4O2. The third kappa shape index (κ3) is 3.42. The van der Waals surface area contributed by atoms with Gasteiger partial charge in [-0.2, -0.15) is 5.10 Å². The lowest BCUT2D eigenvalue weighted by Gasteiger charge is -2.34. The molecule has 2 aromatic heterocycles. The SMILES string of the molecule is CC(c1ccc2c(O)cccc2n1)C(O)(Cn1cncn1)c1ccc(F)cc1F. The van der Waals surface area contributed by atoms with Gasteiger partial charge in [0.15, 0.2) is 0 Å². The predicted octanol–water partition coefficient (Wildman–Crippen LogP) is 3.50. The molecule has 148 valence electrons. The minimum Gasteiger partial charge on any atom is -0.507 e. The van der Waals surface area contributed by atoms with Gasteiger partial charge in [-0.15, -0.1) is 0 Å². The van der Waals surface area contributed by atoms with E-state index in [4.69, 9.17) is 0 Å². The van der Waals surface area contributed by atoms with Gasteiger partial charge in [0.2, 0.25) is 0 Å². The lowest BCUT2D eigenvalue weighted by molar-refractivity contribution is -0.0122. The number of aromatic hydroxyl groups is 1. The first-order chi connectivity index (χ1) is 13.9. The highest BCUT2D eigenvalue weighted by Crippen LogP contribution is 2.39. The Morgan fingerprint density at radius 1 is 1.14 bits per heavy atom. The Hall–Kier alpha value is -3.39. The van der Waals surface area contributed by atoms with E-state index in [2.05, 4.69) is 15.1 Å². The van der Waals surface area contributed by atoms with Crippen molar-refractivity contribution in [1.82, 2.24) is 19.7 Å². The molecule has 8 heteroatoms. The number of fused-ring (bicyclic) bond motifs is 1. The van der Waals surface area contributed by atoms with Crippen LogP contribution in [-0.2, 0) is 12.1 Å². The monoisotopic (exact) mass is 396 g/mol. The molecule has 0 aliphatic rings. The Balaban J connectivity index is 1.84. The van der Waals surface area contributed by atoms with Gasteiger partial charge in [0.05, 0.1) is 12.1 Å². The van der Waals surface area contributed by atoms with Gasteiger partial charge in [0, 0.05) is 28.6 Å². The van der Waals surface area contributed by atoms with Gasteiger partial charge < -0.3 is 10.2 Å². The number of hydrogen-bond acceptors (Lipinski definition) is 5. The van der Waals surface area contributed by atoms with Crippen molar-refractivity contribution >= 4 is 10.9 Å². The van der Waals surface area contributed by atoms with Crippen LogP contribution in [0.15, 0.2) is 61.2 Å². The number of aromatic nitrogens is 4. The van der Waals surface area contributed by atoms with Crippen LogP contribution in [0.4, 0.5) is 8.78 Å². The maximum absolute atomic E-state index is 14.7. The molecule has 2 heterocycles. The van der Waals surface area contributed by atoms with Crippen LogP contribution in [-0.4, -0.2) is 30.0 Å². The first-order valence-corrected chi connectivity index (χ1v) is 8.97. The number of pyridine rings is 1. The van der Waals surface area contributed by atoms with Crippen molar-refractivity contribution in [2.75, 3.05) is 0 Å². The van der Waals surface area contributed by atoms with E-state index >= 15 is 0 Å². The molecule has 0 bridgehead atoms. The van der Waals surface area contributed by atoms with Gasteiger partial charge in [-0.1, -0.05) is 19.1 Å². The Kier molecular flexibility index (Phi) is 4.71. The highest BCUT2D eigenvalue weighted by molar-refractivity contribution is 5.84. The Labute approximate surface area is 165 Å². The first-order valence-electron chi connectivity index (χ1n) is 8.97. The molecule has 6 nitrogen and oxygen atoms in total. The van der Waals surface area contributed by atoms with E-state index in [0.717, 1.165) is 12.1 Å². The van der Waals surface area contributed by atoms with Crippen LogP contribution < -0.4 is 0 Å². The van der Waals surface area contributed by atoms with Crippen LogP contribution in [0.3, 0.4) is 0 Å². The third-order valence-corrected chi connectivity index (χ3v) is 5.16. The van der Waals surface area contributed by atoms with Crippen LogP contribution in [0.2, 0.25) is 0 Å². The number of benzene rings is 2. The summed E-state index contributed by atoms with van der Waals surface area (Å²) in [4.78, 5) is 8.41. The summed E-state index contributed by atoms with van der Waals surface area (Å²) < 4.78 is 29.5. The van der Waals surface area contributed by atoms with Gasteiger partial charge in [-0.25, -0.2) is 18.4 Å². The van der Waals surface area contributed by atoms with Gasteiger partial charge in [0.1, 0.15) is 35.6 Å². The van der Waals surface area contributed by atoms with E-state index in [-0.39, 0.29) is 17.9 Å². The van der Waals surface area contributed by atoms with Crippen LogP contribution >= 0.6 is 0 Å². The zero-order valence-corrected chi connectivity index (χ0v) is 15.5. The molecule has 29 heavy (non-hydrogen) atoms. The molecule has 2 atom stereocenters. The number of rotatable bonds is 5. The van der Waals surface area contributed by atoms with Crippen molar-refractivity contribution in [3.8, 4) is 5.75 Å². The van der Waals surface area contributed by atoms with E-state index < -0.39 is 23.2 Å². The van der Waals surface area contributed by atoms with Gasteiger partial charge in [-0.05, 0) is 30.3 Å². The minimum atomic E-state index is -1.79. The fraction of sp³-hybridized carbons (Fsp3) is 0.190. The molecule has 0 fully saturated rings. The van der Waals surface area contributed by atoms with E-state index in [0.29, 0.717) is 16.6 Å². The van der Waals surface area contributed by atoms with Crippen LogP contribution in [0.5, 0.6) is 5.75 Å². The summed E-state index contributed by atoms with van der Waals surface area (Å²) in [7, 11) is 0. The average molecular weight is 396 g/mol.